The number of nitrogens with one attached hydrogen (secondary N) is 2. The fourth-order valence-corrected chi connectivity index (χ4v) is 3.67. The van der Waals surface area contributed by atoms with E-state index < -0.39 is 48.8 Å². The molecule has 0 spiro atoms. The average molecular weight is 391 g/mol. The summed E-state index contributed by atoms with van der Waals surface area (Å²) < 4.78 is 11.8. The number of rotatable bonds is 6. The quantitative estimate of drug-likeness (QED) is 0.219. The fraction of sp³-hybridized carbons (Fsp3) is 0.938. The van der Waals surface area contributed by atoms with Crippen molar-refractivity contribution in [1.29, 1.82) is 0 Å². The number of carbonyl (C=O) groups is 1. The van der Waals surface area contributed by atoms with E-state index in [9.17, 15) is 20.1 Å². The van der Waals surface area contributed by atoms with E-state index in [4.69, 9.17) is 26.7 Å². The van der Waals surface area contributed by atoms with Crippen molar-refractivity contribution in [1.82, 2.24) is 10.6 Å². The Kier molecular flexibility index (Phi) is 7.92. The second-order valence-electron chi connectivity index (χ2n) is 7.32. The summed E-state index contributed by atoms with van der Waals surface area (Å²) in [5.74, 6) is -0.367. The summed E-state index contributed by atoms with van der Waals surface area (Å²) in [5.41, 5.74) is 17.3. The topological polar surface area (TPSA) is 198 Å². The Morgan fingerprint density at radius 1 is 1.26 bits per heavy atom. The van der Waals surface area contributed by atoms with E-state index in [0.29, 0.717) is 12.8 Å². The summed E-state index contributed by atoms with van der Waals surface area (Å²) >= 11 is 0. The van der Waals surface area contributed by atoms with Crippen molar-refractivity contribution in [3.63, 3.8) is 0 Å². The van der Waals surface area contributed by atoms with Crippen LogP contribution in [-0.2, 0) is 14.3 Å². The monoisotopic (exact) mass is 391 g/mol. The highest BCUT2D eigenvalue weighted by Crippen LogP contribution is 2.28. The SMILES string of the molecule is CNC1C(O)C(O)C(N)C(OC2OC(C(C)N)CCC2NC(=O)CN)C1O. The third kappa shape index (κ3) is 4.94. The van der Waals surface area contributed by atoms with Crippen LogP contribution in [0.3, 0.4) is 0 Å². The van der Waals surface area contributed by atoms with Gasteiger partial charge in [-0.25, -0.2) is 0 Å². The molecule has 11 heteroatoms. The average Bonchev–Trinajstić information content (AvgIpc) is 2.64. The maximum atomic E-state index is 11.7. The van der Waals surface area contributed by atoms with Crippen LogP contribution < -0.4 is 27.8 Å². The lowest BCUT2D eigenvalue weighted by atomic mass is 9.82. The molecular weight excluding hydrogens is 358 g/mol. The summed E-state index contributed by atoms with van der Waals surface area (Å²) in [5, 5.41) is 36.4. The largest absolute Gasteiger partial charge is 0.389 e. The number of hydrogen-bond donors (Lipinski definition) is 8. The van der Waals surface area contributed by atoms with Gasteiger partial charge in [-0.2, -0.15) is 0 Å². The van der Waals surface area contributed by atoms with Crippen LogP contribution in [-0.4, -0.2) is 95.8 Å². The summed E-state index contributed by atoms with van der Waals surface area (Å²) in [6.45, 7) is 1.62. The van der Waals surface area contributed by atoms with Gasteiger partial charge in [-0.1, -0.05) is 0 Å². The minimum atomic E-state index is -1.30. The van der Waals surface area contributed by atoms with Crippen molar-refractivity contribution in [2.75, 3.05) is 13.6 Å². The summed E-state index contributed by atoms with van der Waals surface area (Å²) in [6.07, 6.45) is -4.86. The summed E-state index contributed by atoms with van der Waals surface area (Å²) in [4.78, 5) is 11.7. The Bertz CT molecular complexity index is 498. The van der Waals surface area contributed by atoms with Gasteiger partial charge >= 0.3 is 0 Å². The molecule has 1 saturated carbocycles. The highest BCUT2D eigenvalue weighted by atomic mass is 16.7. The van der Waals surface area contributed by atoms with Gasteiger partial charge in [0.25, 0.3) is 0 Å². The van der Waals surface area contributed by atoms with Crippen LogP contribution in [0.2, 0.25) is 0 Å². The number of aliphatic hydroxyl groups is 3. The predicted molar refractivity (Wildman–Crippen MR) is 96.2 cm³/mol. The van der Waals surface area contributed by atoms with Crippen LogP contribution in [0.4, 0.5) is 0 Å². The number of carbonyl (C=O) groups excluding carboxylic acids is 1. The van der Waals surface area contributed by atoms with Crippen molar-refractivity contribution in [3.8, 4) is 0 Å². The zero-order chi connectivity index (χ0) is 20.3. The van der Waals surface area contributed by atoms with Crippen LogP contribution >= 0.6 is 0 Å². The Labute approximate surface area is 158 Å². The lowest BCUT2D eigenvalue weighted by molar-refractivity contribution is -0.264. The lowest BCUT2D eigenvalue weighted by Crippen LogP contribution is -2.71. The second-order valence-corrected chi connectivity index (χ2v) is 7.32. The van der Waals surface area contributed by atoms with Crippen molar-refractivity contribution in [2.45, 2.75) is 80.7 Å². The number of hydrogen-bond acceptors (Lipinski definition) is 10. The predicted octanol–water partition coefficient (Wildman–Crippen LogP) is -4.32. The molecule has 11 nitrogen and oxygen atoms in total. The molecule has 11 N–H and O–H groups in total. The fourth-order valence-electron chi connectivity index (χ4n) is 3.67. The number of amides is 1. The molecule has 1 aliphatic heterocycles. The van der Waals surface area contributed by atoms with Gasteiger partial charge in [-0.15, -0.1) is 0 Å². The molecule has 0 aromatic heterocycles. The molecule has 158 valence electrons. The van der Waals surface area contributed by atoms with E-state index in [1.54, 1.807) is 14.0 Å². The smallest absolute Gasteiger partial charge is 0.234 e. The highest BCUT2D eigenvalue weighted by molar-refractivity contribution is 5.78. The van der Waals surface area contributed by atoms with Crippen LogP contribution in [0.15, 0.2) is 0 Å². The zero-order valence-electron chi connectivity index (χ0n) is 15.7. The number of ether oxygens (including phenoxy) is 2. The molecule has 27 heavy (non-hydrogen) atoms. The number of aliphatic hydroxyl groups excluding tert-OH is 3. The molecule has 1 heterocycles. The normalized spacial score (nSPS) is 43.9. The van der Waals surface area contributed by atoms with Crippen molar-refractivity contribution in [2.24, 2.45) is 17.2 Å². The second kappa shape index (κ2) is 9.54. The molecule has 2 rings (SSSR count). The van der Waals surface area contributed by atoms with E-state index in [1.165, 1.54) is 0 Å². The van der Waals surface area contributed by atoms with Crippen LogP contribution in [0, 0.1) is 0 Å². The van der Waals surface area contributed by atoms with E-state index in [0.717, 1.165) is 0 Å². The molecule has 10 unspecified atom stereocenters. The molecule has 2 aliphatic rings. The molecule has 0 bridgehead atoms. The van der Waals surface area contributed by atoms with Crippen LogP contribution in [0.5, 0.6) is 0 Å². The van der Waals surface area contributed by atoms with Crippen molar-refractivity contribution in [3.05, 3.63) is 0 Å². The molecule has 0 radical (unpaired) electrons. The first-order valence-electron chi connectivity index (χ1n) is 9.24. The van der Waals surface area contributed by atoms with E-state index >= 15 is 0 Å². The van der Waals surface area contributed by atoms with E-state index in [2.05, 4.69) is 10.6 Å². The molecule has 2 fully saturated rings. The van der Waals surface area contributed by atoms with Gasteiger partial charge in [0.2, 0.25) is 5.91 Å². The number of nitrogens with two attached hydrogens (primary N) is 3. The summed E-state index contributed by atoms with van der Waals surface area (Å²) in [7, 11) is 1.55. The Hall–Kier alpha value is -0.890. The zero-order valence-corrected chi connectivity index (χ0v) is 15.7. The third-order valence-electron chi connectivity index (χ3n) is 5.34. The van der Waals surface area contributed by atoms with E-state index in [1.807, 2.05) is 0 Å². The number of likely N-dealkylation sites (N-methyl/N-ethyl adjacent to an activating group) is 1. The highest BCUT2D eigenvalue weighted by Gasteiger charge is 2.50. The molecule has 1 saturated heterocycles. The van der Waals surface area contributed by atoms with Gasteiger partial charge in [-0.3, -0.25) is 4.79 Å². The molecular formula is C16H33N5O6. The Balaban J connectivity index is 2.18. The first kappa shape index (κ1) is 22.4. The third-order valence-corrected chi connectivity index (χ3v) is 5.34. The minimum Gasteiger partial charge on any atom is -0.389 e. The maximum absolute atomic E-state index is 11.7. The minimum absolute atomic E-state index is 0.182. The van der Waals surface area contributed by atoms with Gasteiger partial charge in [-0.05, 0) is 26.8 Å². The first-order chi connectivity index (χ1) is 12.7. The maximum Gasteiger partial charge on any atom is 0.234 e. The van der Waals surface area contributed by atoms with Gasteiger partial charge < -0.3 is 52.6 Å². The van der Waals surface area contributed by atoms with Gasteiger partial charge in [0.15, 0.2) is 6.29 Å². The van der Waals surface area contributed by atoms with E-state index in [-0.39, 0.29) is 24.6 Å². The van der Waals surface area contributed by atoms with Crippen LogP contribution in [0.25, 0.3) is 0 Å². The standard InChI is InChI=1S/C16H33N5O6/c1-6(18)8-4-3-7(21-9(22)5-17)16(26-8)27-15-10(19)12(23)13(24)11(20-2)14(15)25/h6-8,10-16,20,23-25H,3-5,17-19H2,1-2H3,(H,21,22). The van der Waals surface area contributed by atoms with Crippen LogP contribution in [0.1, 0.15) is 19.8 Å². The molecule has 1 amide bonds. The Morgan fingerprint density at radius 2 is 1.93 bits per heavy atom. The lowest BCUT2D eigenvalue weighted by Gasteiger charge is -2.47. The molecule has 10 atom stereocenters. The van der Waals surface area contributed by atoms with Crippen molar-refractivity contribution < 1.29 is 29.6 Å². The first-order valence-corrected chi connectivity index (χ1v) is 9.24. The summed E-state index contributed by atoms with van der Waals surface area (Å²) in [6, 6.07) is -2.66. The molecule has 0 aromatic carbocycles. The molecule has 0 aromatic rings. The van der Waals surface area contributed by atoms with Gasteiger partial charge in [0, 0.05) is 6.04 Å². The van der Waals surface area contributed by atoms with Gasteiger partial charge in [0.1, 0.15) is 6.10 Å². The van der Waals surface area contributed by atoms with Crippen molar-refractivity contribution >= 4 is 5.91 Å². The molecule has 1 aliphatic carbocycles. The van der Waals surface area contributed by atoms with Gasteiger partial charge in [0.05, 0.1) is 49.1 Å². The Morgan fingerprint density at radius 3 is 2.48 bits per heavy atom.